The van der Waals surface area contributed by atoms with Crippen LogP contribution >= 0.6 is 11.6 Å². The van der Waals surface area contributed by atoms with Crippen LogP contribution in [0, 0.1) is 5.82 Å². The van der Waals surface area contributed by atoms with Crippen molar-refractivity contribution in [3.63, 3.8) is 0 Å². The summed E-state index contributed by atoms with van der Waals surface area (Å²) in [4.78, 5) is 25.8. The van der Waals surface area contributed by atoms with Crippen molar-refractivity contribution in [1.82, 2.24) is 5.32 Å². The fourth-order valence-electron chi connectivity index (χ4n) is 2.72. The van der Waals surface area contributed by atoms with E-state index in [9.17, 15) is 18.4 Å². The number of amides is 2. The zero-order valence-corrected chi connectivity index (χ0v) is 13.9. The number of carbonyl (C=O) groups is 2. The van der Waals surface area contributed by atoms with E-state index in [-0.39, 0.29) is 35.8 Å². The number of rotatable bonds is 4. The first-order chi connectivity index (χ1) is 12.0. The van der Waals surface area contributed by atoms with Crippen molar-refractivity contribution < 1.29 is 18.4 Å². The number of benzene rings is 2. The van der Waals surface area contributed by atoms with E-state index >= 15 is 0 Å². The zero-order chi connectivity index (χ0) is 18.0. The van der Waals surface area contributed by atoms with Gasteiger partial charge in [0, 0.05) is 24.2 Å². The highest BCUT2D eigenvalue weighted by Crippen LogP contribution is 2.26. The molecule has 2 aromatic rings. The Kier molecular flexibility index (Phi) is 4.99. The Hall–Kier alpha value is -2.47. The molecule has 1 N–H and O–H groups in total. The van der Waals surface area contributed by atoms with Gasteiger partial charge in [-0.25, -0.2) is 8.78 Å². The van der Waals surface area contributed by atoms with Gasteiger partial charge >= 0.3 is 0 Å². The zero-order valence-electron chi connectivity index (χ0n) is 13.1. The Bertz CT molecular complexity index is 811. The van der Waals surface area contributed by atoms with Crippen molar-refractivity contribution in [2.45, 2.75) is 19.1 Å². The van der Waals surface area contributed by atoms with Gasteiger partial charge in [-0.3, -0.25) is 9.59 Å². The highest BCUT2D eigenvalue weighted by molar-refractivity contribution is 6.30. The largest absolute Gasteiger partial charge is 0.347 e. The molecular formula is C18H15ClF2N2O2. The first kappa shape index (κ1) is 17.4. The summed E-state index contributed by atoms with van der Waals surface area (Å²) in [5, 5.41) is 2.76. The maximum Gasteiger partial charge on any atom is 0.251 e. The molecule has 2 aromatic carbocycles. The minimum atomic E-state index is -0.604. The van der Waals surface area contributed by atoms with Gasteiger partial charge < -0.3 is 10.2 Å². The third-order valence-electron chi connectivity index (χ3n) is 4.05. The number of hydrogen-bond acceptors (Lipinski definition) is 2. The number of halogens is 3. The minimum absolute atomic E-state index is 0.0167. The van der Waals surface area contributed by atoms with Gasteiger partial charge in [-0.1, -0.05) is 23.7 Å². The Morgan fingerprint density at radius 2 is 1.96 bits per heavy atom. The van der Waals surface area contributed by atoms with Crippen LogP contribution in [0.3, 0.4) is 0 Å². The van der Waals surface area contributed by atoms with Crippen LogP contribution in [0.2, 0.25) is 5.02 Å². The highest BCUT2D eigenvalue weighted by atomic mass is 35.5. The van der Waals surface area contributed by atoms with Crippen LogP contribution in [0.4, 0.5) is 14.5 Å². The van der Waals surface area contributed by atoms with Gasteiger partial charge in [0.05, 0.1) is 11.1 Å². The molecule has 1 aliphatic heterocycles. The predicted octanol–water partition coefficient (Wildman–Crippen LogP) is 3.48. The quantitative estimate of drug-likeness (QED) is 0.903. The first-order valence-electron chi connectivity index (χ1n) is 7.69. The Morgan fingerprint density at radius 3 is 2.60 bits per heavy atom. The normalized spacial score (nSPS) is 17.0. The molecule has 0 radical (unpaired) electrons. The van der Waals surface area contributed by atoms with Crippen LogP contribution in [-0.2, 0) is 11.5 Å². The Labute approximate surface area is 148 Å². The SMILES string of the molecule is O=C(NC1CC(=O)N(c2ccc(Cl)c(F)c2)C1)c1ccc(CF)cc1. The van der Waals surface area contributed by atoms with E-state index in [2.05, 4.69) is 5.32 Å². The van der Waals surface area contributed by atoms with E-state index in [1.54, 1.807) is 6.07 Å². The van der Waals surface area contributed by atoms with E-state index in [4.69, 9.17) is 11.6 Å². The second-order valence-electron chi connectivity index (χ2n) is 5.81. The molecule has 0 saturated carbocycles. The van der Waals surface area contributed by atoms with Crippen LogP contribution in [0.15, 0.2) is 42.5 Å². The third-order valence-corrected chi connectivity index (χ3v) is 4.35. The number of carbonyl (C=O) groups excluding carboxylic acids is 2. The molecule has 0 aromatic heterocycles. The Morgan fingerprint density at radius 1 is 1.24 bits per heavy atom. The van der Waals surface area contributed by atoms with E-state index in [0.717, 1.165) is 0 Å². The van der Waals surface area contributed by atoms with Crippen molar-refractivity contribution in [1.29, 1.82) is 0 Å². The number of nitrogens with zero attached hydrogens (tertiary/aromatic N) is 1. The fourth-order valence-corrected chi connectivity index (χ4v) is 2.84. The van der Waals surface area contributed by atoms with Crippen LogP contribution in [0.5, 0.6) is 0 Å². The van der Waals surface area contributed by atoms with Gasteiger partial charge in [0.1, 0.15) is 12.5 Å². The molecule has 1 saturated heterocycles. The highest BCUT2D eigenvalue weighted by Gasteiger charge is 2.32. The van der Waals surface area contributed by atoms with Gasteiger partial charge in [-0.05, 0) is 35.9 Å². The topological polar surface area (TPSA) is 49.4 Å². The Balaban J connectivity index is 1.67. The van der Waals surface area contributed by atoms with Gasteiger partial charge in [0.25, 0.3) is 5.91 Å². The van der Waals surface area contributed by atoms with E-state index in [0.29, 0.717) is 16.8 Å². The summed E-state index contributed by atoms with van der Waals surface area (Å²) in [6, 6.07) is 9.90. The molecule has 1 atom stereocenters. The van der Waals surface area contributed by atoms with Crippen molar-refractivity contribution >= 4 is 29.1 Å². The van der Waals surface area contributed by atoms with Crippen molar-refractivity contribution in [3.05, 3.63) is 64.4 Å². The smallest absolute Gasteiger partial charge is 0.251 e. The molecule has 25 heavy (non-hydrogen) atoms. The maximum absolute atomic E-state index is 13.6. The lowest BCUT2D eigenvalue weighted by Gasteiger charge is -2.17. The lowest BCUT2D eigenvalue weighted by atomic mass is 10.1. The molecule has 1 fully saturated rings. The second-order valence-corrected chi connectivity index (χ2v) is 6.22. The molecule has 0 aliphatic carbocycles. The summed E-state index contributed by atoms with van der Waals surface area (Å²) < 4.78 is 26.1. The average Bonchev–Trinajstić information content (AvgIpc) is 2.97. The molecule has 7 heteroatoms. The van der Waals surface area contributed by atoms with Crippen molar-refractivity contribution in [2.75, 3.05) is 11.4 Å². The molecule has 4 nitrogen and oxygen atoms in total. The predicted molar refractivity (Wildman–Crippen MR) is 90.9 cm³/mol. The lowest BCUT2D eigenvalue weighted by Crippen LogP contribution is -2.37. The van der Waals surface area contributed by atoms with Gasteiger partial charge in [-0.15, -0.1) is 0 Å². The monoisotopic (exact) mass is 364 g/mol. The number of hydrogen-bond donors (Lipinski definition) is 1. The first-order valence-corrected chi connectivity index (χ1v) is 8.07. The maximum atomic E-state index is 13.6. The molecule has 1 unspecified atom stereocenters. The molecule has 0 spiro atoms. The second kappa shape index (κ2) is 7.19. The number of nitrogens with one attached hydrogen (secondary N) is 1. The molecule has 2 amide bonds. The van der Waals surface area contributed by atoms with E-state index in [1.807, 2.05) is 0 Å². The summed E-state index contributed by atoms with van der Waals surface area (Å²) in [6.45, 7) is -0.347. The average molecular weight is 365 g/mol. The molecular weight excluding hydrogens is 350 g/mol. The molecule has 3 rings (SSSR count). The summed E-state index contributed by atoms with van der Waals surface area (Å²) in [6.07, 6.45) is 0.124. The lowest BCUT2D eigenvalue weighted by molar-refractivity contribution is -0.117. The van der Waals surface area contributed by atoms with Gasteiger partial charge in [0.15, 0.2) is 0 Å². The van der Waals surface area contributed by atoms with Gasteiger partial charge in [0.2, 0.25) is 5.91 Å². The summed E-state index contributed by atoms with van der Waals surface area (Å²) >= 11 is 5.65. The molecule has 1 heterocycles. The van der Waals surface area contributed by atoms with Crippen LogP contribution in [0.1, 0.15) is 22.3 Å². The number of anilines is 1. The van der Waals surface area contributed by atoms with E-state index < -0.39 is 12.5 Å². The summed E-state index contributed by atoms with van der Waals surface area (Å²) in [5.74, 6) is -1.15. The molecule has 130 valence electrons. The number of alkyl halides is 1. The fraction of sp³-hybridized carbons (Fsp3) is 0.222. The van der Waals surface area contributed by atoms with Crippen molar-refractivity contribution in [2.24, 2.45) is 0 Å². The van der Waals surface area contributed by atoms with E-state index in [1.165, 1.54) is 41.3 Å². The van der Waals surface area contributed by atoms with Crippen LogP contribution in [-0.4, -0.2) is 24.4 Å². The van der Waals surface area contributed by atoms with Crippen LogP contribution < -0.4 is 10.2 Å². The van der Waals surface area contributed by atoms with Crippen molar-refractivity contribution in [3.8, 4) is 0 Å². The summed E-state index contributed by atoms with van der Waals surface area (Å²) in [7, 11) is 0. The third kappa shape index (κ3) is 3.79. The molecule has 1 aliphatic rings. The summed E-state index contributed by atoms with van der Waals surface area (Å²) in [5.41, 5.74) is 1.28. The standard InChI is InChI=1S/C18H15ClF2N2O2/c19-15-6-5-14(8-16(15)21)23-10-13(7-17(23)24)22-18(25)12-3-1-11(9-20)2-4-12/h1-6,8,13H,7,9-10H2,(H,22,25). The molecule has 0 bridgehead atoms. The minimum Gasteiger partial charge on any atom is -0.347 e. The van der Waals surface area contributed by atoms with Crippen LogP contribution in [0.25, 0.3) is 0 Å². The van der Waals surface area contributed by atoms with Gasteiger partial charge in [-0.2, -0.15) is 0 Å².